The molecule has 110 valence electrons. The Morgan fingerprint density at radius 2 is 1.89 bits per heavy atom. The molecule has 0 saturated carbocycles. The molecule has 0 amide bonds. The molecule has 4 nitrogen and oxygen atoms in total. The first kappa shape index (κ1) is 15.8. The van der Waals surface area contributed by atoms with Crippen molar-refractivity contribution >= 4 is 15.7 Å². The lowest BCUT2D eigenvalue weighted by molar-refractivity contribution is 0.307. The summed E-state index contributed by atoms with van der Waals surface area (Å²) in [6.07, 6.45) is 2.11. The second kappa shape index (κ2) is 6.80. The van der Waals surface area contributed by atoms with Crippen molar-refractivity contribution in [2.24, 2.45) is 0 Å². The highest BCUT2D eigenvalue weighted by molar-refractivity contribution is 7.92. The Kier molecular flexibility index (Phi) is 5.66. The van der Waals surface area contributed by atoms with Crippen molar-refractivity contribution in [2.75, 3.05) is 17.1 Å². The fourth-order valence-corrected chi connectivity index (χ4v) is 2.33. The van der Waals surface area contributed by atoms with Crippen LogP contribution in [0, 0.1) is 13.8 Å². The van der Waals surface area contributed by atoms with Gasteiger partial charge in [-0.2, -0.15) is 0 Å². The zero-order valence-corrected chi connectivity index (χ0v) is 12.9. The zero-order chi connectivity index (χ0) is 14.5. The quantitative estimate of drug-likeness (QED) is 0.781. The number of hydrogen-bond acceptors (Lipinski definition) is 3. The molecule has 0 aromatic heterocycles. The van der Waals surface area contributed by atoms with Gasteiger partial charge in [-0.15, -0.1) is 0 Å². The Morgan fingerprint density at radius 1 is 1.21 bits per heavy atom. The lowest BCUT2D eigenvalue weighted by Gasteiger charge is -2.15. The Morgan fingerprint density at radius 3 is 2.47 bits per heavy atom. The second-order valence-electron chi connectivity index (χ2n) is 4.57. The van der Waals surface area contributed by atoms with E-state index in [1.54, 1.807) is 13.0 Å². The van der Waals surface area contributed by atoms with E-state index in [4.69, 9.17) is 4.74 Å². The predicted molar refractivity (Wildman–Crippen MR) is 81.5 cm³/mol. The standard InChI is InChI=1S/C14H23NO3S.H2/c1-5-7-10-18-14-9-8-13(11(3)12(14)4)15-19(16,17)6-2;/h8-9,15H,5-7,10H2,1-4H3;1H. The van der Waals surface area contributed by atoms with Gasteiger partial charge in [0.25, 0.3) is 0 Å². The summed E-state index contributed by atoms with van der Waals surface area (Å²) in [5.74, 6) is 0.894. The maximum Gasteiger partial charge on any atom is 0.232 e. The first-order valence-electron chi connectivity index (χ1n) is 6.64. The fourth-order valence-electron chi connectivity index (χ4n) is 1.63. The van der Waals surface area contributed by atoms with Crippen LogP contribution in [0.2, 0.25) is 0 Å². The number of ether oxygens (including phenoxy) is 1. The second-order valence-corrected chi connectivity index (χ2v) is 6.58. The molecule has 0 spiro atoms. The van der Waals surface area contributed by atoms with E-state index < -0.39 is 10.0 Å². The first-order valence-corrected chi connectivity index (χ1v) is 8.30. The molecule has 0 radical (unpaired) electrons. The van der Waals surface area contributed by atoms with Crippen LogP contribution >= 0.6 is 0 Å². The highest BCUT2D eigenvalue weighted by Crippen LogP contribution is 2.28. The third-order valence-electron chi connectivity index (χ3n) is 3.14. The predicted octanol–water partition coefficient (Wildman–Crippen LogP) is 3.49. The maximum absolute atomic E-state index is 11.6. The minimum Gasteiger partial charge on any atom is -0.493 e. The molecule has 0 atom stereocenters. The van der Waals surface area contributed by atoms with Crippen molar-refractivity contribution in [1.29, 1.82) is 0 Å². The van der Waals surface area contributed by atoms with Crippen LogP contribution in [0.5, 0.6) is 5.75 Å². The van der Waals surface area contributed by atoms with Gasteiger partial charge in [0.15, 0.2) is 0 Å². The molecule has 1 N–H and O–H groups in total. The van der Waals surface area contributed by atoms with Crippen LogP contribution in [0.1, 0.15) is 39.2 Å². The lowest BCUT2D eigenvalue weighted by Crippen LogP contribution is -2.15. The molecule has 0 unspecified atom stereocenters. The first-order chi connectivity index (χ1) is 8.91. The molecule has 0 saturated heterocycles. The van der Waals surface area contributed by atoms with Gasteiger partial charge in [-0.25, -0.2) is 8.42 Å². The van der Waals surface area contributed by atoms with Crippen LogP contribution in [0.25, 0.3) is 0 Å². The van der Waals surface area contributed by atoms with E-state index >= 15 is 0 Å². The van der Waals surface area contributed by atoms with Crippen molar-refractivity contribution in [3.63, 3.8) is 0 Å². The SMILES string of the molecule is CCCCOc1ccc(NS(=O)(=O)CC)c(C)c1C.[HH]. The minimum atomic E-state index is -3.24. The van der Waals surface area contributed by atoms with Gasteiger partial charge in [0.05, 0.1) is 18.0 Å². The van der Waals surface area contributed by atoms with Gasteiger partial charge < -0.3 is 4.74 Å². The summed E-state index contributed by atoms with van der Waals surface area (Å²) in [6, 6.07) is 3.59. The molecule has 0 aliphatic rings. The number of hydrogen-bond donors (Lipinski definition) is 1. The van der Waals surface area contributed by atoms with Crippen molar-refractivity contribution in [3.8, 4) is 5.75 Å². The van der Waals surface area contributed by atoms with Gasteiger partial charge in [0.1, 0.15) is 5.75 Å². The maximum atomic E-state index is 11.6. The smallest absolute Gasteiger partial charge is 0.232 e. The Labute approximate surface area is 117 Å². The van der Waals surface area contributed by atoms with Crippen LogP contribution in [0.4, 0.5) is 5.69 Å². The Balaban J connectivity index is 0.00000361. The number of unbranched alkanes of at least 4 members (excludes halogenated alkanes) is 1. The molecule has 0 aliphatic carbocycles. The molecular formula is C14H25NO3S. The van der Waals surface area contributed by atoms with E-state index in [9.17, 15) is 8.42 Å². The summed E-state index contributed by atoms with van der Waals surface area (Å²) in [5, 5.41) is 0. The van der Waals surface area contributed by atoms with E-state index in [0.717, 1.165) is 29.7 Å². The molecule has 0 fully saturated rings. The summed E-state index contributed by atoms with van der Waals surface area (Å²) >= 11 is 0. The van der Waals surface area contributed by atoms with Crippen molar-refractivity contribution in [2.45, 2.75) is 40.5 Å². The third-order valence-corrected chi connectivity index (χ3v) is 4.43. The number of benzene rings is 1. The van der Waals surface area contributed by atoms with Gasteiger partial charge in [0.2, 0.25) is 10.0 Å². The van der Waals surface area contributed by atoms with Gasteiger partial charge >= 0.3 is 0 Å². The van der Waals surface area contributed by atoms with Crippen LogP contribution in [-0.4, -0.2) is 20.8 Å². The summed E-state index contributed by atoms with van der Waals surface area (Å²) in [5.41, 5.74) is 2.51. The Hall–Kier alpha value is -1.23. The average molecular weight is 287 g/mol. The summed E-state index contributed by atoms with van der Waals surface area (Å²) < 4.78 is 31.5. The summed E-state index contributed by atoms with van der Waals surface area (Å²) in [4.78, 5) is 0. The molecule has 1 aromatic rings. The monoisotopic (exact) mass is 287 g/mol. The number of nitrogens with one attached hydrogen (secondary N) is 1. The van der Waals surface area contributed by atoms with E-state index in [-0.39, 0.29) is 7.18 Å². The Bertz CT molecular complexity index is 529. The number of rotatable bonds is 7. The molecule has 5 heteroatoms. The topological polar surface area (TPSA) is 55.4 Å². The normalized spacial score (nSPS) is 11.4. The molecule has 0 aliphatic heterocycles. The number of sulfonamides is 1. The largest absolute Gasteiger partial charge is 0.493 e. The van der Waals surface area contributed by atoms with Gasteiger partial charge in [-0.1, -0.05) is 13.3 Å². The van der Waals surface area contributed by atoms with Gasteiger partial charge in [-0.3, -0.25) is 4.72 Å². The van der Waals surface area contributed by atoms with Gasteiger partial charge in [0, 0.05) is 1.43 Å². The molecule has 19 heavy (non-hydrogen) atoms. The van der Waals surface area contributed by atoms with Crippen molar-refractivity contribution in [3.05, 3.63) is 23.3 Å². The van der Waals surface area contributed by atoms with E-state index in [0.29, 0.717) is 12.3 Å². The zero-order valence-electron chi connectivity index (χ0n) is 12.1. The highest BCUT2D eigenvalue weighted by atomic mass is 32.2. The molecule has 1 aromatic carbocycles. The summed E-state index contributed by atoms with van der Waals surface area (Å²) in [6.45, 7) is 8.27. The lowest BCUT2D eigenvalue weighted by atomic mass is 10.1. The molecule has 1 rings (SSSR count). The minimum absolute atomic E-state index is 0. The van der Waals surface area contributed by atoms with E-state index in [2.05, 4.69) is 11.6 Å². The van der Waals surface area contributed by atoms with Gasteiger partial charge in [-0.05, 0) is 50.5 Å². The van der Waals surface area contributed by atoms with Crippen LogP contribution in [0.3, 0.4) is 0 Å². The van der Waals surface area contributed by atoms with Crippen LogP contribution < -0.4 is 9.46 Å². The van der Waals surface area contributed by atoms with Crippen LogP contribution in [-0.2, 0) is 10.0 Å². The average Bonchev–Trinajstić information content (AvgIpc) is 2.38. The van der Waals surface area contributed by atoms with Crippen molar-refractivity contribution < 1.29 is 14.6 Å². The molecular weight excluding hydrogens is 262 g/mol. The van der Waals surface area contributed by atoms with E-state index in [1.165, 1.54) is 0 Å². The number of anilines is 1. The van der Waals surface area contributed by atoms with Crippen LogP contribution in [0.15, 0.2) is 12.1 Å². The fraction of sp³-hybridized carbons (Fsp3) is 0.571. The van der Waals surface area contributed by atoms with E-state index in [1.807, 2.05) is 19.9 Å². The third kappa shape index (κ3) is 4.42. The highest BCUT2D eigenvalue weighted by Gasteiger charge is 2.12. The molecule has 0 heterocycles. The van der Waals surface area contributed by atoms with Crippen molar-refractivity contribution in [1.82, 2.24) is 0 Å². The molecule has 0 bridgehead atoms. The summed E-state index contributed by atoms with van der Waals surface area (Å²) in [7, 11) is -3.24.